The highest BCUT2D eigenvalue weighted by Crippen LogP contribution is 2.83. The summed E-state index contributed by atoms with van der Waals surface area (Å²) < 4.78 is 60.1. The van der Waals surface area contributed by atoms with E-state index >= 15 is 0 Å². The SMILES string of the molecule is COOP1(=O)OP(=O)(OOC)OP(=O)(OOC)O1. The summed E-state index contributed by atoms with van der Waals surface area (Å²) in [6, 6.07) is 0. The van der Waals surface area contributed by atoms with Crippen molar-refractivity contribution in [2.75, 3.05) is 21.3 Å². The standard InChI is InChI=1S/C3H9O12P3/c1-7-10-16(4)13-17(5,11-8-2)15-18(6,14-16)12-9-3/h1-3H3. The van der Waals surface area contributed by atoms with Crippen molar-refractivity contribution >= 4 is 23.5 Å². The molecule has 1 fully saturated rings. The highest BCUT2D eigenvalue weighted by molar-refractivity contribution is 7.75. The first-order chi connectivity index (χ1) is 8.30. The summed E-state index contributed by atoms with van der Waals surface area (Å²) in [5.41, 5.74) is 0. The van der Waals surface area contributed by atoms with Gasteiger partial charge in [0.15, 0.2) is 0 Å². The van der Waals surface area contributed by atoms with Gasteiger partial charge in [0.1, 0.15) is 0 Å². The molecular weight excluding hydrogens is 321 g/mol. The fourth-order valence-corrected chi connectivity index (χ4v) is 6.07. The maximum Gasteiger partial charge on any atom is 0.520 e. The van der Waals surface area contributed by atoms with Crippen molar-refractivity contribution in [3.63, 3.8) is 0 Å². The second-order valence-electron chi connectivity index (χ2n) is 2.31. The van der Waals surface area contributed by atoms with Gasteiger partial charge in [-0.15, -0.1) is 14.0 Å². The first kappa shape index (κ1) is 16.4. The van der Waals surface area contributed by atoms with Crippen LogP contribution >= 0.6 is 23.5 Å². The van der Waals surface area contributed by atoms with Crippen LogP contribution in [0.3, 0.4) is 0 Å². The molecule has 0 aromatic carbocycles. The molecule has 0 aromatic rings. The third kappa shape index (κ3) is 4.17. The van der Waals surface area contributed by atoms with E-state index in [1.807, 2.05) is 0 Å². The minimum absolute atomic E-state index is 0.937. The Morgan fingerprint density at radius 2 is 0.833 bits per heavy atom. The summed E-state index contributed by atoms with van der Waals surface area (Å²) in [7, 11) is -11.3. The van der Waals surface area contributed by atoms with E-state index in [0.717, 1.165) is 21.3 Å². The van der Waals surface area contributed by atoms with Crippen molar-refractivity contribution < 1.29 is 55.3 Å². The molecular formula is C3H9O12P3. The first-order valence-electron chi connectivity index (χ1n) is 3.92. The normalized spacial score (nSPS) is 40.8. The average molecular weight is 330 g/mol. The Labute approximate surface area is 101 Å². The quantitative estimate of drug-likeness (QED) is 0.401. The Balaban J connectivity index is 3.03. The lowest BCUT2D eigenvalue weighted by Gasteiger charge is -2.28. The molecule has 0 unspecified atom stereocenters. The van der Waals surface area contributed by atoms with Crippen molar-refractivity contribution in [1.29, 1.82) is 0 Å². The number of phosphoric acid groups is 3. The van der Waals surface area contributed by atoms with Gasteiger partial charge in [0, 0.05) is 0 Å². The van der Waals surface area contributed by atoms with E-state index in [1.54, 1.807) is 0 Å². The number of hydrogen-bond donors (Lipinski definition) is 0. The molecule has 1 aliphatic heterocycles. The number of hydrogen-bond acceptors (Lipinski definition) is 12. The maximum atomic E-state index is 11.7. The van der Waals surface area contributed by atoms with Crippen molar-refractivity contribution in [2.24, 2.45) is 0 Å². The zero-order chi connectivity index (χ0) is 13.9. The Bertz CT molecular complexity index is 337. The maximum absolute atomic E-state index is 11.7. The van der Waals surface area contributed by atoms with E-state index in [0.29, 0.717) is 0 Å². The lowest BCUT2D eigenvalue weighted by atomic mass is 11.8. The lowest BCUT2D eigenvalue weighted by molar-refractivity contribution is -0.223. The van der Waals surface area contributed by atoms with Gasteiger partial charge in [-0.1, -0.05) is 0 Å². The summed E-state index contributed by atoms with van der Waals surface area (Å²) >= 11 is 0. The van der Waals surface area contributed by atoms with Crippen LogP contribution in [-0.4, -0.2) is 21.3 Å². The van der Waals surface area contributed by atoms with Crippen LogP contribution in [0, 0.1) is 0 Å². The molecule has 15 heteroatoms. The van der Waals surface area contributed by atoms with Gasteiger partial charge in [0.05, 0.1) is 21.3 Å². The molecule has 1 saturated heterocycles. The summed E-state index contributed by atoms with van der Waals surface area (Å²) in [4.78, 5) is 12.1. The Morgan fingerprint density at radius 1 is 0.611 bits per heavy atom. The molecule has 0 amide bonds. The smallest absolute Gasteiger partial charge is 0.230 e. The minimum atomic E-state index is -4.70. The van der Waals surface area contributed by atoms with Gasteiger partial charge < -0.3 is 0 Å². The van der Waals surface area contributed by atoms with Crippen LogP contribution in [0.2, 0.25) is 0 Å². The van der Waals surface area contributed by atoms with Crippen LogP contribution in [-0.2, 0) is 55.3 Å². The molecule has 0 N–H and O–H groups in total. The third-order valence-corrected chi connectivity index (χ3v) is 6.89. The first-order valence-corrected chi connectivity index (χ1v) is 8.30. The van der Waals surface area contributed by atoms with Crippen LogP contribution in [0.4, 0.5) is 0 Å². The largest absolute Gasteiger partial charge is 0.520 e. The predicted octanol–water partition coefficient (Wildman–Crippen LogP) is 2.11. The van der Waals surface area contributed by atoms with Gasteiger partial charge in [0.25, 0.3) is 0 Å². The summed E-state index contributed by atoms with van der Waals surface area (Å²) in [5.74, 6) is 0. The fraction of sp³-hybridized carbons (Fsp3) is 1.00. The second-order valence-corrected chi connectivity index (χ2v) is 7.40. The van der Waals surface area contributed by atoms with Crippen LogP contribution in [0.1, 0.15) is 0 Å². The van der Waals surface area contributed by atoms with E-state index in [1.165, 1.54) is 0 Å². The molecule has 1 rings (SSSR count). The highest BCUT2D eigenvalue weighted by Gasteiger charge is 2.59. The number of rotatable bonds is 6. The van der Waals surface area contributed by atoms with E-state index in [-0.39, 0.29) is 0 Å². The zero-order valence-corrected chi connectivity index (χ0v) is 11.9. The fourth-order valence-electron chi connectivity index (χ4n) is 0.768. The van der Waals surface area contributed by atoms with Gasteiger partial charge in [-0.2, -0.15) is 12.9 Å². The van der Waals surface area contributed by atoms with Gasteiger partial charge in [-0.05, 0) is 0 Å². The molecule has 0 bridgehead atoms. The molecule has 0 aliphatic carbocycles. The van der Waals surface area contributed by atoms with Gasteiger partial charge in [-0.3, -0.25) is 0 Å². The van der Waals surface area contributed by atoms with Crippen molar-refractivity contribution in [1.82, 2.24) is 0 Å². The van der Waals surface area contributed by atoms with E-state index < -0.39 is 23.5 Å². The van der Waals surface area contributed by atoms with Crippen molar-refractivity contribution in [3.8, 4) is 0 Å². The summed E-state index contributed by atoms with van der Waals surface area (Å²) in [6.07, 6.45) is 0. The lowest BCUT2D eigenvalue weighted by Crippen LogP contribution is -2.10. The molecule has 0 saturated carbocycles. The Morgan fingerprint density at radius 3 is 1.00 bits per heavy atom. The minimum Gasteiger partial charge on any atom is -0.230 e. The summed E-state index contributed by atoms with van der Waals surface area (Å²) in [6.45, 7) is 0. The Hall–Kier alpha value is 0.330. The zero-order valence-electron chi connectivity index (χ0n) is 9.24. The Kier molecular flexibility index (Phi) is 5.63. The van der Waals surface area contributed by atoms with Gasteiger partial charge >= 0.3 is 23.5 Å². The highest BCUT2D eigenvalue weighted by atomic mass is 31.3. The molecule has 12 nitrogen and oxygen atoms in total. The molecule has 18 heavy (non-hydrogen) atoms. The molecule has 0 aromatic heterocycles. The topological polar surface area (TPSA) is 134 Å². The van der Waals surface area contributed by atoms with E-state index in [2.05, 4.69) is 41.6 Å². The molecule has 1 heterocycles. The molecule has 0 atom stereocenters. The average Bonchev–Trinajstić information content (AvgIpc) is 2.14. The third-order valence-electron chi connectivity index (χ3n) is 1.10. The molecule has 0 spiro atoms. The summed E-state index contributed by atoms with van der Waals surface area (Å²) in [5, 5.41) is 0. The molecule has 1 aliphatic rings. The van der Waals surface area contributed by atoms with E-state index in [9.17, 15) is 13.7 Å². The van der Waals surface area contributed by atoms with Crippen LogP contribution in [0.5, 0.6) is 0 Å². The predicted molar refractivity (Wildman–Crippen MR) is 50.4 cm³/mol. The van der Waals surface area contributed by atoms with Crippen molar-refractivity contribution in [3.05, 3.63) is 0 Å². The monoisotopic (exact) mass is 330 g/mol. The van der Waals surface area contributed by atoms with Crippen molar-refractivity contribution in [2.45, 2.75) is 0 Å². The molecule has 108 valence electrons. The van der Waals surface area contributed by atoms with E-state index in [4.69, 9.17) is 0 Å². The van der Waals surface area contributed by atoms with Crippen LogP contribution in [0.15, 0.2) is 0 Å². The van der Waals surface area contributed by atoms with Crippen LogP contribution < -0.4 is 0 Å². The van der Waals surface area contributed by atoms with Gasteiger partial charge in [0.2, 0.25) is 0 Å². The molecule has 0 radical (unpaired) electrons. The van der Waals surface area contributed by atoms with Gasteiger partial charge in [-0.25, -0.2) is 28.4 Å². The second kappa shape index (κ2) is 6.19. The van der Waals surface area contributed by atoms with Crippen LogP contribution in [0.25, 0.3) is 0 Å².